The topological polar surface area (TPSA) is 60.1 Å². The van der Waals surface area contributed by atoms with Crippen molar-refractivity contribution >= 4 is 5.69 Å². The Hall–Kier alpha value is -2.82. The van der Waals surface area contributed by atoms with E-state index in [1.54, 1.807) is 29.3 Å². The molecule has 3 rings (SSSR count). The molecule has 3 aromatic rings. The number of pyridine rings is 2. The van der Waals surface area contributed by atoms with Gasteiger partial charge in [-0.15, -0.1) is 0 Å². The number of hydrogen-bond acceptors (Lipinski definition) is 4. The summed E-state index contributed by atoms with van der Waals surface area (Å²) in [7, 11) is 0. The van der Waals surface area contributed by atoms with Gasteiger partial charge in [-0.3, -0.25) is 9.78 Å². The summed E-state index contributed by atoms with van der Waals surface area (Å²) in [5.74, 6) is 0.765. The zero-order valence-electron chi connectivity index (χ0n) is 12.3. The molecule has 0 aliphatic carbocycles. The standard InChI is InChI=1S/C17H17N3O2/c1-13-8-15(19-11-14-4-2-6-18-10-14)9-17(21)20(13)12-16-5-3-7-22-16/h2-10,19H,11-12H2,1H3. The van der Waals surface area contributed by atoms with Crippen molar-refractivity contribution < 1.29 is 4.42 Å². The van der Waals surface area contributed by atoms with Gasteiger partial charge in [-0.1, -0.05) is 6.07 Å². The fraction of sp³-hybridized carbons (Fsp3) is 0.176. The van der Waals surface area contributed by atoms with E-state index in [0.717, 1.165) is 22.7 Å². The van der Waals surface area contributed by atoms with Crippen LogP contribution in [0.1, 0.15) is 17.0 Å². The molecule has 0 amide bonds. The molecule has 0 bridgehead atoms. The van der Waals surface area contributed by atoms with Gasteiger partial charge in [0.2, 0.25) is 0 Å². The summed E-state index contributed by atoms with van der Waals surface area (Å²) >= 11 is 0. The van der Waals surface area contributed by atoms with Gasteiger partial charge in [0, 0.05) is 36.4 Å². The zero-order chi connectivity index (χ0) is 15.4. The van der Waals surface area contributed by atoms with Gasteiger partial charge in [-0.25, -0.2) is 0 Å². The Bertz CT molecular complexity index is 793. The van der Waals surface area contributed by atoms with E-state index in [1.165, 1.54) is 0 Å². The molecule has 5 heteroatoms. The second kappa shape index (κ2) is 6.30. The van der Waals surface area contributed by atoms with Crippen LogP contribution in [-0.2, 0) is 13.1 Å². The quantitative estimate of drug-likeness (QED) is 0.786. The fourth-order valence-electron chi connectivity index (χ4n) is 2.30. The Morgan fingerprint density at radius 2 is 2.18 bits per heavy atom. The number of nitrogens with zero attached hydrogens (tertiary/aromatic N) is 2. The molecule has 0 aliphatic rings. The Labute approximate surface area is 128 Å². The van der Waals surface area contributed by atoms with Crippen LogP contribution in [0.15, 0.2) is 64.3 Å². The highest BCUT2D eigenvalue weighted by Gasteiger charge is 2.06. The van der Waals surface area contributed by atoms with Gasteiger partial charge >= 0.3 is 0 Å². The van der Waals surface area contributed by atoms with Crippen molar-refractivity contribution in [3.63, 3.8) is 0 Å². The molecule has 3 aromatic heterocycles. The fourth-order valence-corrected chi connectivity index (χ4v) is 2.30. The van der Waals surface area contributed by atoms with Crippen LogP contribution in [0.2, 0.25) is 0 Å². The van der Waals surface area contributed by atoms with E-state index >= 15 is 0 Å². The number of nitrogens with one attached hydrogen (secondary N) is 1. The Kier molecular flexibility index (Phi) is 4.05. The summed E-state index contributed by atoms with van der Waals surface area (Å²) in [5, 5.41) is 3.25. The van der Waals surface area contributed by atoms with Crippen LogP contribution in [0.25, 0.3) is 0 Å². The maximum Gasteiger partial charge on any atom is 0.253 e. The van der Waals surface area contributed by atoms with Crippen LogP contribution < -0.4 is 10.9 Å². The molecule has 1 N–H and O–H groups in total. The Morgan fingerprint density at radius 3 is 2.86 bits per heavy atom. The number of furan rings is 1. The number of anilines is 1. The predicted octanol–water partition coefficient (Wildman–Crippen LogP) is 2.81. The first kappa shape index (κ1) is 14.1. The zero-order valence-corrected chi connectivity index (χ0v) is 12.3. The highest BCUT2D eigenvalue weighted by molar-refractivity contribution is 5.44. The first-order valence-electron chi connectivity index (χ1n) is 7.09. The van der Waals surface area contributed by atoms with Gasteiger partial charge in [0.25, 0.3) is 5.56 Å². The van der Waals surface area contributed by atoms with E-state index in [1.807, 2.05) is 37.3 Å². The molecule has 0 radical (unpaired) electrons. The third-order valence-electron chi connectivity index (χ3n) is 3.45. The maximum absolute atomic E-state index is 12.3. The van der Waals surface area contributed by atoms with Crippen LogP contribution in [-0.4, -0.2) is 9.55 Å². The van der Waals surface area contributed by atoms with Crippen LogP contribution >= 0.6 is 0 Å². The average Bonchev–Trinajstić information content (AvgIpc) is 3.03. The highest BCUT2D eigenvalue weighted by atomic mass is 16.3. The lowest BCUT2D eigenvalue weighted by Gasteiger charge is -2.12. The lowest BCUT2D eigenvalue weighted by molar-refractivity contribution is 0.487. The van der Waals surface area contributed by atoms with Crippen LogP contribution in [0, 0.1) is 6.92 Å². The SMILES string of the molecule is Cc1cc(NCc2cccnc2)cc(=O)n1Cc1ccco1. The van der Waals surface area contributed by atoms with Crippen molar-refractivity contribution in [1.82, 2.24) is 9.55 Å². The summed E-state index contributed by atoms with van der Waals surface area (Å²) in [6.07, 6.45) is 5.15. The number of hydrogen-bond donors (Lipinski definition) is 1. The largest absolute Gasteiger partial charge is 0.467 e. The van der Waals surface area contributed by atoms with E-state index < -0.39 is 0 Å². The van der Waals surface area contributed by atoms with E-state index in [4.69, 9.17) is 4.42 Å². The summed E-state index contributed by atoms with van der Waals surface area (Å²) in [5.41, 5.74) is 2.71. The van der Waals surface area contributed by atoms with Crippen molar-refractivity contribution in [3.05, 3.63) is 82.4 Å². The second-order valence-electron chi connectivity index (χ2n) is 5.10. The number of rotatable bonds is 5. The molecule has 0 atom stereocenters. The molecule has 0 aliphatic heterocycles. The molecule has 0 saturated heterocycles. The lowest BCUT2D eigenvalue weighted by Crippen LogP contribution is -2.22. The summed E-state index contributed by atoms with van der Waals surface area (Å²) in [6.45, 7) is 3.00. The van der Waals surface area contributed by atoms with Gasteiger partial charge in [-0.2, -0.15) is 0 Å². The third-order valence-corrected chi connectivity index (χ3v) is 3.45. The lowest BCUT2D eigenvalue weighted by atomic mass is 10.2. The smallest absolute Gasteiger partial charge is 0.253 e. The molecule has 112 valence electrons. The normalized spacial score (nSPS) is 10.6. The minimum atomic E-state index is -0.0508. The molecule has 0 spiro atoms. The number of aromatic nitrogens is 2. The molecule has 0 unspecified atom stereocenters. The number of aryl methyl sites for hydroxylation is 1. The van der Waals surface area contributed by atoms with Gasteiger partial charge in [0.15, 0.2) is 0 Å². The van der Waals surface area contributed by atoms with E-state index in [-0.39, 0.29) is 5.56 Å². The molecule has 22 heavy (non-hydrogen) atoms. The van der Waals surface area contributed by atoms with Gasteiger partial charge in [0.05, 0.1) is 12.8 Å². The molecule has 0 saturated carbocycles. The van der Waals surface area contributed by atoms with Crippen LogP contribution in [0.4, 0.5) is 5.69 Å². The molecule has 0 aromatic carbocycles. The molecule has 5 nitrogen and oxygen atoms in total. The maximum atomic E-state index is 12.3. The van der Waals surface area contributed by atoms with Crippen molar-refractivity contribution in [2.24, 2.45) is 0 Å². The molecule has 0 fully saturated rings. The van der Waals surface area contributed by atoms with Crippen molar-refractivity contribution in [2.75, 3.05) is 5.32 Å². The van der Waals surface area contributed by atoms with Gasteiger partial charge < -0.3 is 14.3 Å². The minimum Gasteiger partial charge on any atom is -0.467 e. The molecular weight excluding hydrogens is 278 g/mol. The molecule has 3 heterocycles. The Balaban J connectivity index is 1.76. The minimum absolute atomic E-state index is 0.0508. The van der Waals surface area contributed by atoms with Gasteiger partial charge in [-0.05, 0) is 36.8 Å². The second-order valence-corrected chi connectivity index (χ2v) is 5.10. The third kappa shape index (κ3) is 3.25. The summed E-state index contributed by atoms with van der Waals surface area (Å²) < 4.78 is 6.99. The predicted molar refractivity (Wildman–Crippen MR) is 84.8 cm³/mol. The van der Waals surface area contributed by atoms with Gasteiger partial charge in [0.1, 0.15) is 5.76 Å². The average molecular weight is 295 g/mol. The van der Waals surface area contributed by atoms with E-state index in [9.17, 15) is 4.79 Å². The van der Waals surface area contributed by atoms with Crippen molar-refractivity contribution in [2.45, 2.75) is 20.0 Å². The summed E-state index contributed by atoms with van der Waals surface area (Å²) in [6, 6.07) is 11.1. The monoisotopic (exact) mass is 295 g/mol. The first-order valence-corrected chi connectivity index (χ1v) is 7.09. The highest BCUT2D eigenvalue weighted by Crippen LogP contribution is 2.11. The van der Waals surface area contributed by atoms with E-state index in [0.29, 0.717) is 13.1 Å². The van der Waals surface area contributed by atoms with Crippen LogP contribution in [0.3, 0.4) is 0 Å². The summed E-state index contributed by atoms with van der Waals surface area (Å²) in [4.78, 5) is 16.3. The van der Waals surface area contributed by atoms with Crippen LogP contribution in [0.5, 0.6) is 0 Å². The Morgan fingerprint density at radius 1 is 1.27 bits per heavy atom. The van der Waals surface area contributed by atoms with Crippen molar-refractivity contribution in [1.29, 1.82) is 0 Å². The first-order chi connectivity index (χ1) is 10.7. The molecular formula is C17H17N3O2. The van der Waals surface area contributed by atoms with E-state index in [2.05, 4.69) is 10.3 Å². The van der Waals surface area contributed by atoms with Crippen molar-refractivity contribution in [3.8, 4) is 0 Å².